The van der Waals surface area contributed by atoms with E-state index in [0.717, 1.165) is 6.07 Å². The van der Waals surface area contributed by atoms with Crippen molar-refractivity contribution in [3.63, 3.8) is 0 Å². The molecule has 0 aromatic heterocycles. The maximum atomic E-state index is 13.2. The summed E-state index contributed by atoms with van der Waals surface area (Å²) in [5.74, 6) is 0. The third-order valence-electron chi connectivity index (χ3n) is 3.29. The Kier molecular flexibility index (Phi) is 4.52. The fourth-order valence-corrected chi connectivity index (χ4v) is 2.26. The first-order valence-corrected chi connectivity index (χ1v) is 6.33. The minimum Gasteiger partial charge on any atom is -0.394 e. The van der Waals surface area contributed by atoms with Gasteiger partial charge in [0.05, 0.1) is 24.9 Å². The normalized spacial score (nSPS) is 20.2. The van der Waals surface area contributed by atoms with Crippen LogP contribution in [0.3, 0.4) is 0 Å². The average molecular weight is 290 g/mol. The fraction of sp³-hybridized carbons (Fsp3) is 0.538. The van der Waals surface area contributed by atoms with Crippen LogP contribution >= 0.6 is 0 Å². The molecule has 112 valence electrons. The van der Waals surface area contributed by atoms with Gasteiger partial charge in [-0.05, 0) is 17.7 Å². The first-order valence-electron chi connectivity index (χ1n) is 6.33. The zero-order chi connectivity index (χ0) is 14.8. The van der Waals surface area contributed by atoms with Crippen molar-refractivity contribution in [1.82, 2.24) is 0 Å². The van der Waals surface area contributed by atoms with Crippen molar-refractivity contribution in [2.24, 2.45) is 5.73 Å². The predicted molar refractivity (Wildman–Crippen MR) is 68.4 cm³/mol. The Hall–Kier alpha value is -1.31. The molecule has 1 heterocycles. The van der Waals surface area contributed by atoms with Crippen LogP contribution in [-0.2, 0) is 17.5 Å². The molecule has 0 amide bonds. The number of hydrogen-bond donors (Lipinski definition) is 2. The maximum absolute atomic E-state index is 13.2. The Balaban J connectivity index is 2.35. The first kappa shape index (κ1) is 15.1. The topological polar surface area (TPSA) is 58.7 Å². The fourth-order valence-electron chi connectivity index (χ4n) is 2.26. The molecule has 1 aliphatic rings. The molecule has 1 aromatic carbocycles. The van der Waals surface area contributed by atoms with E-state index in [9.17, 15) is 13.2 Å². The van der Waals surface area contributed by atoms with Gasteiger partial charge in [0, 0.05) is 25.3 Å². The van der Waals surface area contributed by atoms with Gasteiger partial charge in [0.15, 0.2) is 0 Å². The Morgan fingerprint density at radius 3 is 2.75 bits per heavy atom. The van der Waals surface area contributed by atoms with Gasteiger partial charge in [-0.1, -0.05) is 6.07 Å². The summed E-state index contributed by atoms with van der Waals surface area (Å²) in [4.78, 5) is 1.59. The van der Waals surface area contributed by atoms with E-state index in [-0.39, 0.29) is 25.4 Å². The summed E-state index contributed by atoms with van der Waals surface area (Å²) in [6, 6.07) is 4.11. The molecule has 1 aromatic rings. The molecule has 2 rings (SSSR count). The Morgan fingerprint density at radius 2 is 2.15 bits per heavy atom. The second-order valence-corrected chi connectivity index (χ2v) is 4.67. The maximum Gasteiger partial charge on any atom is 0.418 e. The van der Waals surface area contributed by atoms with Crippen molar-refractivity contribution in [3.05, 3.63) is 29.3 Å². The van der Waals surface area contributed by atoms with Crippen molar-refractivity contribution >= 4 is 5.69 Å². The average Bonchev–Trinajstić information content (AvgIpc) is 2.45. The lowest BCUT2D eigenvalue weighted by molar-refractivity contribution is -0.137. The highest BCUT2D eigenvalue weighted by atomic mass is 19.4. The third kappa shape index (κ3) is 3.23. The van der Waals surface area contributed by atoms with E-state index in [2.05, 4.69) is 0 Å². The van der Waals surface area contributed by atoms with Gasteiger partial charge >= 0.3 is 6.18 Å². The molecule has 0 bridgehead atoms. The highest BCUT2D eigenvalue weighted by molar-refractivity contribution is 5.57. The van der Waals surface area contributed by atoms with Crippen molar-refractivity contribution in [2.75, 3.05) is 31.2 Å². The number of ether oxygens (including phenoxy) is 1. The summed E-state index contributed by atoms with van der Waals surface area (Å²) in [5, 5.41) is 9.08. The molecule has 20 heavy (non-hydrogen) atoms. The number of nitrogens with zero attached hydrogens (tertiary/aromatic N) is 1. The number of halogens is 3. The SMILES string of the molecule is NCc1ccc(N2CCOC(CO)C2)c(C(F)(F)F)c1. The second kappa shape index (κ2) is 5.99. The van der Waals surface area contributed by atoms with Gasteiger partial charge in [-0.2, -0.15) is 13.2 Å². The molecule has 1 saturated heterocycles. The van der Waals surface area contributed by atoms with Crippen LogP contribution in [0.25, 0.3) is 0 Å². The molecule has 1 fully saturated rings. The van der Waals surface area contributed by atoms with Crippen LogP contribution in [0.5, 0.6) is 0 Å². The summed E-state index contributed by atoms with van der Waals surface area (Å²) < 4.78 is 44.7. The summed E-state index contributed by atoms with van der Waals surface area (Å²) >= 11 is 0. The van der Waals surface area contributed by atoms with E-state index >= 15 is 0 Å². The Morgan fingerprint density at radius 1 is 1.40 bits per heavy atom. The minimum absolute atomic E-state index is 0.0612. The van der Waals surface area contributed by atoms with Gasteiger partial charge in [0.1, 0.15) is 0 Å². The van der Waals surface area contributed by atoms with Crippen molar-refractivity contribution in [3.8, 4) is 0 Å². The van der Waals surface area contributed by atoms with E-state index in [1.54, 1.807) is 11.0 Å². The number of aliphatic hydroxyl groups is 1. The Bertz CT molecular complexity index is 465. The number of nitrogens with two attached hydrogens (primary N) is 1. The number of rotatable bonds is 3. The van der Waals surface area contributed by atoms with E-state index < -0.39 is 17.8 Å². The van der Waals surface area contributed by atoms with Crippen molar-refractivity contribution in [2.45, 2.75) is 18.8 Å². The number of hydrogen-bond acceptors (Lipinski definition) is 4. The van der Waals surface area contributed by atoms with E-state index in [1.807, 2.05) is 0 Å². The lowest BCUT2D eigenvalue weighted by atomic mass is 10.1. The lowest BCUT2D eigenvalue weighted by Crippen LogP contribution is -2.44. The van der Waals surface area contributed by atoms with Crippen LogP contribution in [0.1, 0.15) is 11.1 Å². The molecular formula is C13H17F3N2O2. The molecular weight excluding hydrogens is 273 g/mol. The molecule has 0 aliphatic carbocycles. The molecule has 0 saturated carbocycles. The monoisotopic (exact) mass is 290 g/mol. The zero-order valence-corrected chi connectivity index (χ0v) is 10.9. The smallest absolute Gasteiger partial charge is 0.394 e. The van der Waals surface area contributed by atoms with Crippen LogP contribution in [-0.4, -0.2) is 37.5 Å². The predicted octanol–water partition coefficient (Wildman–Crippen LogP) is 1.36. The number of anilines is 1. The summed E-state index contributed by atoms with van der Waals surface area (Å²) in [6.07, 6.45) is -4.90. The van der Waals surface area contributed by atoms with Gasteiger partial charge < -0.3 is 20.5 Å². The minimum atomic E-state index is -4.44. The van der Waals surface area contributed by atoms with E-state index in [1.165, 1.54) is 6.07 Å². The van der Waals surface area contributed by atoms with Crippen molar-refractivity contribution in [1.29, 1.82) is 0 Å². The van der Waals surface area contributed by atoms with Crippen LogP contribution in [0.2, 0.25) is 0 Å². The third-order valence-corrected chi connectivity index (χ3v) is 3.29. The van der Waals surface area contributed by atoms with E-state index in [0.29, 0.717) is 18.7 Å². The second-order valence-electron chi connectivity index (χ2n) is 4.67. The molecule has 1 aliphatic heterocycles. The van der Waals surface area contributed by atoms with E-state index in [4.69, 9.17) is 15.6 Å². The molecule has 0 radical (unpaired) electrons. The summed E-state index contributed by atoms with van der Waals surface area (Å²) in [5.41, 5.74) is 5.25. The van der Waals surface area contributed by atoms with Crippen LogP contribution < -0.4 is 10.6 Å². The van der Waals surface area contributed by atoms with Crippen LogP contribution in [0, 0.1) is 0 Å². The van der Waals surface area contributed by atoms with Crippen LogP contribution in [0.15, 0.2) is 18.2 Å². The zero-order valence-electron chi connectivity index (χ0n) is 10.9. The number of aliphatic hydroxyl groups excluding tert-OH is 1. The lowest BCUT2D eigenvalue weighted by Gasteiger charge is -2.35. The van der Waals surface area contributed by atoms with Gasteiger partial charge in [0.25, 0.3) is 0 Å². The quantitative estimate of drug-likeness (QED) is 0.882. The molecule has 7 heteroatoms. The molecule has 1 unspecified atom stereocenters. The molecule has 4 nitrogen and oxygen atoms in total. The highest BCUT2D eigenvalue weighted by Crippen LogP contribution is 2.37. The number of benzene rings is 1. The summed E-state index contributed by atoms with van der Waals surface area (Å²) in [6.45, 7) is 0.745. The van der Waals surface area contributed by atoms with Gasteiger partial charge in [-0.25, -0.2) is 0 Å². The number of morpholine rings is 1. The molecule has 0 spiro atoms. The highest BCUT2D eigenvalue weighted by Gasteiger charge is 2.36. The number of alkyl halides is 3. The summed E-state index contributed by atoms with van der Waals surface area (Å²) in [7, 11) is 0. The first-order chi connectivity index (χ1) is 9.45. The standard InChI is InChI=1S/C13H17F3N2O2/c14-13(15,16)11-5-9(6-17)1-2-12(11)18-3-4-20-10(7-18)8-19/h1-2,5,10,19H,3-4,6-8,17H2. The largest absolute Gasteiger partial charge is 0.418 e. The van der Waals surface area contributed by atoms with Gasteiger partial charge in [0.2, 0.25) is 0 Å². The van der Waals surface area contributed by atoms with Crippen molar-refractivity contribution < 1.29 is 23.0 Å². The molecule has 1 atom stereocenters. The Labute approximate surface area is 114 Å². The molecule has 3 N–H and O–H groups in total. The van der Waals surface area contributed by atoms with Crippen LogP contribution in [0.4, 0.5) is 18.9 Å². The van der Waals surface area contributed by atoms with Gasteiger partial charge in [-0.3, -0.25) is 0 Å². The van der Waals surface area contributed by atoms with Gasteiger partial charge in [-0.15, -0.1) is 0 Å².